The van der Waals surface area contributed by atoms with Gasteiger partial charge in [-0.15, -0.1) is 0 Å². The molecule has 0 saturated carbocycles. The summed E-state index contributed by atoms with van der Waals surface area (Å²) in [6.45, 7) is 15.0. The Kier molecular flexibility index (Phi) is 4.02. The molecule has 1 heterocycles. The predicted octanol–water partition coefficient (Wildman–Crippen LogP) is 3.72. The third-order valence-corrected chi connectivity index (χ3v) is 4.44. The smallest absolute Gasteiger partial charge is 0.382 e. The summed E-state index contributed by atoms with van der Waals surface area (Å²) < 4.78 is 17.5. The van der Waals surface area contributed by atoms with E-state index in [0.29, 0.717) is 6.61 Å². The lowest BCUT2D eigenvalue weighted by Gasteiger charge is -2.31. The lowest BCUT2D eigenvalue weighted by molar-refractivity contribution is 0.00578. The van der Waals surface area contributed by atoms with Crippen molar-refractivity contribution in [2.45, 2.75) is 66.3 Å². The Labute approximate surface area is 122 Å². The van der Waals surface area contributed by atoms with E-state index in [1.165, 1.54) is 22.3 Å². The summed E-state index contributed by atoms with van der Waals surface area (Å²) in [5.41, 5.74) is 4.28. The molecule has 0 unspecified atom stereocenters. The molecule has 20 heavy (non-hydrogen) atoms. The zero-order valence-corrected chi connectivity index (χ0v) is 13.7. The van der Waals surface area contributed by atoms with Crippen molar-refractivity contribution in [3.8, 4) is 0 Å². The molecule has 4 heteroatoms. The normalized spacial score (nSPS) is 20.4. The number of aryl methyl sites for hydroxylation is 3. The predicted molar refractivity (Wildman–Crippen MR) is 81.5 cm³/mol. The van der Waals surface area contributed by atoms with Crippen molar-refractivity contribution in [3.63, 3.8) is 0 Å². The van der Waals surface area contributed by atoms with Gasteiger partial charge in [-0.3, -0.25) is 0 Å². The van der Waals surface area contributed by atoms with Crippen molar-refractivity contribution in [3.05, 3.63) is 34.4 Å². The molecule has 2 rings (SSSR count). The van der Waals surface area contributed by atoms with Gasteiger partial charge >= 0.3 is 7.32 Å². The van der Waals surface area contributed by atoms with Crippen molar-refractivity contribution in [1.29, 1.82) is 0 Å². The van der Waals surface area contributed by atoms with Gasteiger partial charge in [0.05, 0.1) is 17.8 Å². The van der Waals surface area contributed by atoms with Gasteiger partial charge in [0.15, 0.2) is 0 Å². The molecule has 0 aliphatic carbocycles. The van der Waals surface area contributed by atoms with Crippen LogP contribution in [0, 0.1) is 20.8 Å². The van der Waals surface area contributed by atoms with Crippen LogP contribution in [0.25, 0.3) is 0 Å². The van der Waals surface area contributed by atoms with Crippen LogP contribution < -0.4 is 0 Å². The maximum absolute atomic E-state index is 5.84. The van der Waals surface area contributed by atoms with Crippen LogP contribution in [-0.2, 0) is 20.6 Å². The summed E-state index contributed by atoms with van der Waals surface area (Å²) in [7, 11) is -0.597. The van der Waals surface area contributed by atoms with Crippen LogP contribution in [0.1, 0.15) is 49.9 Å². The zero-order chi connectivity index (χ0) is 15.1. The highest BCUT2D eigenvalue weighted by atomic mass is 16.8. The molecule has 1 aliphatic heterocycles. The van der Waals surface area contributed by atoms with Crippen molar-refractivity contribution in [1.82, 2.24) is 0 Å². The van der Waals surface area contributed by atoms with Gasteiger partial charge in [-0.2, -0.15) is 0 Å². The summed E-state index contributed by atoms with van der Waals surface area (Å²) in [6.07, 6.45) is 0. The molecular weight excluding hydrogens is 251 g/mol. The van der Waals surface area contributed by atoms with Gasteiger partial charge in [-0.1, -0.05) is 17.7 Å². The molecule has 0 amide bonds. The van der Waals surface area contributed by atoms with Crippen LogP contribution in [0.5, 0.6) is 0 Å². The fourth-order valence-corrected chi connectivity index (χ4v) is 2.45. The van der Waals surface area contributed by atoms with Crippen molar-refractivity contribution in [2.24, 2.45) is 0 Å². The Hall–Kier alpha value is -0.835. The summed E-state index contributed by atoms with van der Waals surface area (Å²) in [4.78, 5) is 0. The fraction of sp³-hybridized carbons (Fsp3) is 0.625. The Morgan fingerprint density at radius 2 is 1.40 bits per heavy atom. The quantitative estimate of drug-likeness (QED) is 0.787. The topological polar surface area (TPSA) is 27.7 Å². The minimum atomic E-state index is -0.597. The first kappa shape index (κ1) is 15.6. The molecule has 1 saturated heterocycles. The SMILES string of the molecule is Cc1cc(C)c(COB2OC(C)(C)C(C)(C)O2)c(C)c1. The van der Waals surface area contributed by atoms with E-state index in [4.69, 9.17) is 14.0 Å². The van der Waals surface area contributed by atoms with E-state index < -0.39 is 7.32 Å². The Bertz CT molecular complexity index is 469. The Morgan fingerprint density at radius 1 is 0.950 bits per heavy atom. The molecule has 3 nitrogen and oxygen atoms in total. The molecule has 0 spiro atoms. The van der Waals surface area contributed by atoms with Gasteiger partial charge in [0.1, 0.15) is 0 Å². The van der Waals surface area contributed by atoms with E-state index in [2.05, 4.69) is 32.9 Å². The number of hydrogen-bond donors (Lipinski definition) is 0. The minimum Gasteiger partial charge on any atom is -0.382 e. The van der Waals surface area contributed by atoms with Gasteiger partial charge < -0.3 is 14.0 Å². The van der Waals surface area contributed by atoms with Crippen molar-refractivity contribution in [2.75, 3.05) is 0 Å². The van der Waals surface area contributed by atoms with Gasteiger partial charge in [-0.05, 0) is 65.2 Å². The van der Waals surface area contributed by atoms with Gasteiger partial charge in [0, 0.05) is 0 Å². The Morgan fingerprint density at radius 3 is 1.85 bits per heavy atom. The monoisotopic (exact) mass is 276 g/mol. The zero-order valence-electron chi connectivity index (χ0n) is 13.7. The number of rotatable bonds is 3. The first-order chi connectivity index (χ1) is 9.12. The van der Waals surface area contributed by atoms with E-state index >= 15 is 0 Å². The molecule has 0 atom stereocenters. The first-order valence-corrected chi connectivity index (χ1v) is 7.16. The molecule has 1 aliphatic rings. The lowest BCUT2D eigenvalue weighted by atomic mass is 9.90. The Balaban J connectivity index is 2.05. The van der Waals surface area contributed by atoms with Crippen LogP contribution in [0.3, 0.4) is 0 Å². The minimum absolute atomic E-state index is 0.352. The molecule has 0 radical (unpaired) electrons. The van der Waals surface area contributed by atoms with Crippen molar-refractivity contribution >= 4 is 7.32 Å². The third-order valence-electron chi connectivity index (χ3n) is 4.44. The van der Waals surface area contributed by atoms with Gasteiger partial charge in [0.25, 0.3) is 0 Å². The van der Waals surface area contributed by atoms with Gasteiger partial charge in [-0.25, -0.2) is 0 Å². The second kappa shape index (κ2) is 5.17. The largest absolute Gasteiger partial charge is 0.640 e. The van der Waals surface area contributed by atoms with Crippen LogP contribution in [0.2, 0.25) is 0 Å². The maximum Gasteiger partial charge on any atom is 0.640 e. The summed E-state index contributed by atoms with van der Waals surface area (Å²) in [6, 6.07) is 4.35. The van der Waals surface area contributed by atoms with E-state index in [1.54, 1.807) is 0 Å². The van der Waals surface area contributed by atoms with Gasteiger partial charge in [0.2, 0.25) is 0 Å². The molecule has 0 bridgehead atoms. The van der Waals surface area contributed by atoms with Crippen LogP contribution in [0.15, 0.2) is 12.1 Å². The van der Waals surface area contributed by atoms with E-state index in [9.17, 15) is 0 Å². The molecule has 1 fully saturated rings. The number of benzene rings is 1. The summed E-state index contributed by atoms with van der Waals surface area (Å²) in [5.74, 6) is 0. The molecule has 110 valence electrons. The van der Waals surface area contributed by atoms with Crippen molar-refractivity contribution < 1.29 is 14.0 Å². The molecule has 0 N–H and O–H groups in total. The summed E-state index contributed by atoms with van der Waals surface area (Å²) in [5, 5.41) is 0. The average molecular weight is 276 g/mol. The third kappa shape index (κ3) is 2.92. The second-order valence-electron chi connectivity index (χ2n) is 6.73. The van der Waals surface area contributed by atoms with Crippen LogP contribution >= 0.6 is 0 Å². The van der Waals surface area contributed by atoms with E-state index in [1.807, 2.05) is 27.7 Å². The van der Waals surface area contributed by atoms with E-state index in [0.717, 1.165) is 0 Å². The van der Waals surface area contributed by atoms with Crippen LogP contribution in [-0.4, -0.2) is 18.5 Å². The standard InChI is InChI=1S/C16H25BO3/c1-11-8-12(2)14(13(3)9-11)10-18-17-19-15(4,5)16(6,7)20-17/h8-9H,10H2,1-7H3. The molecule has 1 aromatic carbocycles. The second-order valence-corrected chi connectivity index (χ2v) is 6.73. The number of hydrogen-bond acceptors (Lipinski definition) is 3. The lowest BCUT2D eigenvalue weighted by Crippen LogP contribution is -2.41. The fourth-order valence-electron chi connectivity index (χ4n) is 2.45. The highest BCUT2D eigenvalue weighted by molar-refractivity contribution is 6.37. The molecule has 0 aromatic heterocycles. The van der Waals surface area contributed by atoms with Crippen LogP contribution in [0.4, 0.5) is 0 Å². The molecular formula is C16H25BO3. The summed E-state index contributed by atoms with van der Waals surface area (Å²) >= 11 is 0. The average Bonchev–Trinajstić information content (AvgIpc) is 2.45. The molecule has 1 aromatic rings. The highest BCUT2D eigenvalue weighted by Crippen LogP contribution is 2.37. The first-order valence-electron chi connectivity index (χ1n) is 7.16. The van der Waals surface area contributed by atoms with E-state index in [-0.39, 0.29) is 11.2 Å². The highest BCUT2D eigenvalue weighted by Gasteiger charge is 2.52. The maximum atomic E-state index is 5.84.